The van der Waals surface area contributed by atoms with Gasteiger partial charge in [0.25, 0.3) is 0 Å². The van der Waals surface area contributed by atoms with E-state index in [1.807, 2.05) is 6.07 Å². The largest absolute Gasteiger partial charge is 0.396 e. The van der Waals surface area contributed by atoms with Gasteiger partial charge in [0.05, 0.1) is 3.79 Å². The summed E-state index contributed by atoms with van der Waals surface area (Å²) in [5, 5.41) is 11.8. The molecule has 3 nitrogen and oxygen atoms in total. The van der Waals surface area contributed by atoms with Crippen LogP contribution in [0.1, 0.15) is 44.4 Å². The molecule has 0 radical (unpaired) electrons. The molecule has 1 aromatic heterocycles. The normalized spacial score (nSPS) is 11.6. The molecule has 2 N–H and O–H groups in total. The monoisotopic (exact) mass is 361 g/mol. The third-order valence-corrected chi connectivity index (χ3v) is 4.92. The van der Waals surface area contributed by atoms with Gasteiger partial charge < -0.3 is 10.4 Å². The molecule has 5 heteroatoms. The summed E-state index contributed by atoms with van der Waals surface area (Å²) in [5.41, 5.74) is 0.0526. The van der Waals surface area contributed by atoms with Crippen LogP contribution in [0.2, 0.25) is 0 Å². The van der Waals surface area contributed by atoms with Gasteiger partial charge in [0.1, 0.15) is 0 Å². The molecular weight excluding hydrogens is 338 g/mol. The number of hydrogen-bond acceptors (Lipinski definition) is 3. The number of halogens is 1. The second-order valence-corrected chi connectivity index (χ2v) is 8.38. The minimum atomic E-state index is 0.0526. The molecule has 0 saturated carbocycles. The summed E-state index contributed by atoms with van der Waals surface area (Å²) in [6.07, 6.45) is 4.13. The summed E-state index contributed by atoms with van der Waals surface area (Å²) < 4.78 is 1.14. The highest BCUT2D eigenvalue weighted by Crippen LogP contribution is 2.23. The van der Waals surface area contributed by atoms with Crippen molar-refractivity contribution in [2.24, 2.45) is 5.41 Å². The van der Waals surface area contributed by atoms with Crippen LogP contribution in [0.25, 0.3) is 0 Å². The Morgan fingerprint density at radius 2 is 2.15 bits per heavy atom. The van der Waals surface area contributed by atoms with Gasteiger partial charge in [-0.1, -0.05) is 13.8 Å². The number of aryl methyl sites for hydroxylation is 1. The second-order valence-electron chi connectivity index (χ2n) is 5.83. The molecule has 20 heavy (non-hydrogen) atoms. The number of aliphatic hydroxyl groups excluding tert-OH is 1. The number of amides is 1. The molecule has 0 atom stereocenters. The van der Waals surface area contributed by atoms with E-state index in [-0.39, 0.29) is 17.9 Å². The Morgan fingerprint density at radius 3 is 2.75 bits per heavy atom. The van der Waals surface area contributed by atoms with Crippen LogP contribution in [-0.4, -0.2) is 24.2 Å². The lowest BCUT2D eigenvalue weighted by Gasteiger charge is -2.24. The molecule has 0 spiro atoms. The third kappa shape index (κ3) is 7.41. The molecule has 0 bridgehead atoms. The summed E-state index contributed by atoms with van der Waals surface area (Å²) in [6.45, 7) is 5.13. The fourth-order valence-corrected chi connectivity index (χ4v) is 3.51. The summed E-state index contributed by atoms with van der Waals surface area (Å²) in [6, 6.07) is 4.15. The molecule has 114 valence electrons. The van der Waals surface area contributed by atoms with E-state index in [1.165, 1.54) is 4.88 Å². The van der Waals surface area contributed by atoms with Gasteiger partial charge in [0, 0.05) is 24.4 Å². The van der Waals surface area contributed by atoms with Crippen LogP contribution in [0, 0.1) is 5.41 Å². The van der Waals surface area contributed by atoms with E-state index >= 15 is 0 Å². The van der Waals surface area contributed by atoms with Crippen LogP contribution in [-0.2, 0) is 11.2 Å². The number of thiophene rings is 1. The quantitative estimate of drug-likeness (QED) is 0.703. The van der Waals surface area contributed by atoms with Crippen molar-refractivity contribution < 1.29 is 9.90 Å². The van der Waals surface area contributed by atoms with Crippen LogP contribution in [0.5, 0.6) is 0 Å². The van der Waals surface area contributed by atoms with Crippen LogP contribution >= 0.6 is 27.3 Å². The Morgan fingerprint density at radius 1 is 1.40 bits per heavy atom. The van der Waals surface area contributed by atoms with Gasteiger partial charge in [0.15, 0.2) is 0 Å². The van der Waals surface area contributed by atoms with Crippen LogP contribution < -0.4 is 5.32 Å². The number of rotatable bonds is 9. The number of hydrogen-bond donors (Lipinski definition) is 2. The number of carbonyl (C=O) groups excluding carboxylic acids is 1. The Bertz CT molecular complexity index is 418. The van der Waals surface area contributed by atoms with E-state index in [4.69, 9.17) is 5.11 Å². The second kappa shape index (κ2) is 8.80. The van der Waals surface area contributed by atoms with E-state index in [0.717, 1.165) is 29.5 Å². The highest BCUT2D eigenvalue weighted by atomic mass is 79.9. The first kappa shape index (κ1) is 17.7. The highest BCUT2D eigenvalue weighted by Gasteiger charge is 2.18. The van der Waals surface area contributed by atoms with E-state index < -0.39 is 0 Å². The minimum Gasteiger partial charge on any atom is -0.396 e. The van der Waals surface area contributed by atoms with Gasteiger partial charge in [-0.25, -0.2) is 0 Å². The van der Waals surface area contributed by atoms with Crippen molar-refractivity contribution in [3.05, 3.63) is 20.8 Å². The average Bonchev–Trinajstić information content (AvgIpc) is 2.80. The smallest absolute Gasteiger partial charge is 0.220 e. The van der Waals surface area contributed by atoms with Crippen molar-refractivity contribution in [2.75, 3.05) is 13.2 Å². The van der Waals surface area contributed by atoms with Crippen molar-refractivity contribution in [1.29, 1.82) is 0 Å². The first-order valence-corrected chi connectivity index (χ1v) is 8.66. The fourth-order valence-electron chi connectivity index (χ4n) is 1.98. The Kier molecular flexibility index (Phi) is 7.77. The zero-order valence-corrected chi connectivity index (χ0v) is 14.6. The first-order valence-electron chi connectivity index (χ1n) is 7.05. The maximum atomic E-state index is 11.8. The minimum absolute atomic E-state index is 0.0526. The molecule has 0 aliphatic rings. The molecule has 0 fully saturated rings. The lowest BCUT2D eigenvalue weighted by atomic mass is 9.88. The van der Waals surface area contributed by atoms with Gasteiger partial charge >= 0.3 is 0 Å². The molecule has 1 rings (SSSR count). The summed E-state index contributed by atoms with van der Waals surface area (Å²) in [5.74, 6) is 0.123. The topological polar surface area (TPSA) is 49.3 Å². The third-order valence-electron chi connectivity index (χ3n) is 3.23. The Hall–Kier alpha value is -0.390. The van der Waals surface area contributed by atoms with Crippen molar-refractivity contribution >= 4 is 33.2 Å². The molecule has 0 saturated heterocycles. The predicted molar refractivity (Wildman–Crippen MR) is 88.1 cm³/mol. The summed E-state index contributed by atoms with van der Waals surface area (Å²) in [4.78, 5) is 13.1. The van der Waals surface area contributed by atoms with E-state index in [0.29, 0.717) is 13.0 Å². The Labute approximate surface area is 133 Å². The molecule has 1 amide bonds. The zero-order chi connectivity index (χ0) is 15.0. The van der Waals surface area contributed by atoms with Gasteiger partial charge in [-0.3, -0.25) is 4.79 Å². The van der Waals surface area contributed by atoms with Gasteiger partial charge in [0.2, 0.25) is 5.91 Å². The number of aliphatic hydroxyl groups is 1. The van der Waals surface area contributed by atoms with E-state index in [2.05, 4.69) is 41.2 Å². The zero-order valence-electron chi connectivity index (χ0n) is 12.2. The maximum Gasteiger partial charge on any atom is 0.220 e. The van der Waals surface area contributed by atoms with E-state index in [9.17, 15) is 4.79 Å². The lowest BCUT2D eigenvalue weighted by molar-refractivity contribution is -0.121. The highest BCUT2D eigenvalue weighted by molar-refractivity contribution is 9.11. The van der Waals surface area contributed by atoms with Crippen molar-refractivity contribution in [2.45, 2.75) is 46.0 Å². The summed E-state index contributed by atoms with van der Waals surface area (Å²) in [7, 11) is 0. The average molecular weight is 362 g/mol. The maximum absolute atomic E-state index is 11.8. The van der Waals surface area contributed by atoms with Gasteiger partial charge in [-0.15, -0.1) is 11.3 Å². The summed E-state index contributed by atoms with van der Waals surface area (Å²) >= 11 is 5.17. The molecule has 1 heterocycles. The van der Waals surface area contributed by atoms with Crippen LogP contribution in [0.15, 0.2) is 15.9 Å². The number of carbonyl (C=O) groups is 1. The number of nitrogens with one attached hydrogen (secondary N) is 1. The first-order chi connectivity index (χ1) is 9.43. The van der Waals surface area contributed by atoms with Crippen molar-refractivity contribution in [1.82, 2.24) is 5.32 Å². The molecular formula is C15H24BrNO2S. The van der Waals surface area contributed by atoms with Crippen molar-refractivity contribution in [3.8, 4) is 0 Å². The standard InChI is InChI=1S/C15H24BrNO2S/c1-15(2,9-4-10-18)11-17-14(19)6-3-5-12-7-8-13(16)20-12/h7-8,18H,3-6,9-11H2,1-2H3,(H,17,19). The fraction of sp³-hybridized carbons (Fsp3) is 0.667. The predicted octanol–water partition coefficient (Wildman–Crippen LogP) is 3.75. The van der Waals surface area contributed by atoms with Crippen molar-refractivity contribution in [3.63, 3.8) is 0 Å². The molecule has 0 aliphatic carbocycles. The molecule has 0 aromatic carbocycles. The molecule has 0 aliphatic heterocycles. The molecule has 1 aromatic rings. The van der Waals surface area contributed by atoms with Crippen LogP contribution in [0.3, 0.4) is 0 Å². The SMILES string of the molecule is CC(C)(CCCO)CNC(=O)CCCc1ccc(Br)s1. The van der Waals surface area contributed by atoms with Crippen LogP contribution in [0.4, 0.5) is 0 Å². The Balaban J connectivity index is 2.17. The van der Waals surface area contributed by atoms with Gasteiger partial charge in [-0.2, -0.15) is 0 Å². The van der Waals surface area contributed by atoms with Gasteiger partial charge in [-0.05, 0) is 59.2 Å². The molecule has 0 unspecified atom stereocenters. The van der Waals surface area contributed by atoms with E-state index in [1.54, 1.807) is 11.3 Å². The lowest BCUT2D eigenvalue weighted by Crippen LogP contribution is -2.34.